The van der Waals surface area contributed by atoms with Crippen molar-refractivity contribution in [1.82, 2.24) is 4.72 Å². The minimum Gasteiger partial charge on any atom is -0.391 e. The van der Waals surface area contributed by atoms with Crippen molar-refractivity contribution in [3.63, 3.8) is 0 Å². The predicted molar refractivity (Wildman–Crippen MR) is 76.7 cm³/mol. The van der Waals surface area contributed by atoms with Crippen molar-refractivity contribution in [2.45, 2.75) is 37.7 Å². The van der Waals surface area contributed by atoms with Gasteiger partial charge in [0.15, 0.2) is 0 Å². The molecule has 1 aromatic carbocycles. The molecule has 1 unspecified atom stereocenters. The molecular weight excluding hydrogens is 264 g/mol. The van der Waals surface area contributed by atoms with Crippen molar-refractivity contribution in [2.24, 2.45) is 0 Å². The van der Waals surface area contributed by atoms with E-state index >= 15 is 0 Å². The number of sulfonamides is 1. The number of anilines is 1. The molecule has 0 spiro atoms. The van der Waals surface area contributed by atoms with Crippen molar-refractivity contribution in [1.29, 1.82) is 0 Å². The number of benzene rings is 1. The summed E-state index contributed by atoms with van der Waals surface area (Å²) in [5.41, 5.74) is 0.513. The Kier molecular flexibility index (Phi) is 6.27. The maximum Gasteiger partial charge on any atom is 0.242 e. The van der Waals surface area contributed by atoms with Gasteiger partial charge in [0.2, 0.25) is 10.0 Å². The van der Waals surface area contributed by atoms with Gasteiger partial charge >= 0.3 is 0 Å². The Hall–Kier alpha value is -1.11. The summed E-state index contributed by atoms with van der Waals surface area (Å²) >= 11 is 0. The third-order valence-electron chi connectivity index (χ3n) is 2.72. The van der Waals surface area contributed by atoms with Crippen LogP contribution in [0.1, 0.15) is 26.7 Å². The minimum atomic E-state index is -3.50. The summed E-state index contributed by atoms with van der Waals surface area (Å²) in [4.78, 5) is 0.215. The summed E-state index contributed by atoms with van der Waals surface area (Å²) in [7, 11) is -3.50. The highest BCUT2D eigenvalue weighted by Gasteiger charge is 2.17. The first kappa shape index (κ1) is 15.9. The zero-order valence-electron chi connectivity index (χ0n) is 11.4. The largest absolute Gasteiger partial charge is 0.391 e. The molecule has 0 aliphatic carbocycles. The maximum absolute atomic E-state index is 12.1. The van der Waals surface area contributed by atoms with E-state index in [4.69, 9.17) is 0 Å². The van der Waals surface area contributed by atoms with Crippen LogP contribution in [0.4, 0.5) is 5.69 Å². The van der Waals surface area contributed by atoms with Gasteiger partial charge in [0.05, 0.1) is 11.8 Å². The second-order valence-electron chi connectivity index (χ2n) is 4.34. The number of aliphatic hydroxyl groups is 1. The van der Waals surface area contributed by atoms with Crippen LogP contribution in [0.15, 0.2) is 29.2 Å². The minimum absolute atomic E-state index is 0.215. The van der Waals surface area contributed by atoms with Crippen molar-refractivity contribution < 1.29 is 13.5 Å². The molecule has 0 amide bonds. The molecular formula is C13H22N2O3S. The van der Waals surface area contributed by atoms with Crippen LogP contribution in [0.25, 0.3) is 0 Å². The first-order valence-electron chi connectivity index (χ1n) is 6.51. The van der Waals surface area contributed by atoms with Gasteiger partial charge in [-0.3, -0.25) is 0 Å². The molecule has 0 radical (unpaired) electrons. The molecule has 0 heterocycles. The van der Waals surface area contributed by atoms with Gasteiger partial charge in [-0.2, -0.15) is 0 Å². The molecule has 0 aromatic heterocycles. The van der Waals surface area contributed by atoms with Crippen LogP contribution in [0, 0.1) is 0 Å². The Morgan fingerprint density at radius 1 is 1.26 bits per heavy atom. The molecule has 19 heavy (non-hydrogen) atoms. The van der Waals surface area contributed by atoms with Gasteiger partial charge < -0.3 is 10.4 Å². The maximum atomic E-state index is 12.1. The number of rotatable bonds is 8. The molecule has 0 aliphatic heterocycles. The molecule has 6 heteroatoms. The fraction of sp³-hybridized carbons (Fsp3) is 0.538. The zero-order chi connectivity index (χ0) is 14.3. The van der Waals surface area contributed by atoms with Gasteiger partial charge in [0.1, 0.15) is 4.90 Å². The quantitative estimate of drug-likeness (QED) is 0.677. The van der Waals surface area contributed by atoms with Crippen LogP contribution < -0.4 is 10.0 Å². The predicted octanol–water partition coefficient (Wildman–Crippen LogP) is 1.56. The van der Waals surface area contributed by atoms with Gasteiger partial charge in [-0.05, 0) is 25.0 Å². The van der Waals surface area contributed by atoms with Crippen LogP contribution in [0.2, 0.25) is 0 Å². The van der Waals surface area contributed by atoms with Crippen molar-refractivity contribution in [3.05, 3.63) is 24.3 Å². The molecule has 0 saturated carbocycles. The molecule has 0 aliphatic rings. The van der Waals surface area contributed by atoms with Crippen molar-refractivity contribution in [3.8, 4) is 0 Å². The van der Waals surface area contributed by atoms with Crippen LogP contribution in [0.3, 0.4) is 0 Å². The van der Waals surface area contributed by atoms with Crippen LogP contribution in [0.5, 0.6) is 0 Å². The summed E-state index contributed by atoms with van der Waals surface area (Å²) in [5.74, 6) is 0. The van der Waals surface area contributed by atoms with Gasteiger partial charge in [0, 0.05) is 13.1 Å². The van der Waals surface area contributed by atoms with E-state index in [1.165, 1.54) is 0 Å². The molecule has 0 fully saturated rings. The summed E-state index contributed by atoms with van der Waals surface area (Å²) in [6.07, 6.45) is 0.874. The standard InChI is InChI=1S/C13H22N2O3S/c1-3-9-15-19(17,18)13-8-6-5-7-12(13)14-10-11(16)4-2/h5-8,11,14-16H,3-4,9-10H2,1-2H3. The summed E-state index contributed by atoms with van der Waals surface area (Å²) in [5, 5.41) is 12.5. The second kappa shape index (κ2) is 7.47. The third-order valence-corrected chi connectivity index (χ3v) is 4.24. The monoisotopic (exact) mass is 286 g/mol. The third kappa shape index (κ3) is 4.81. The summed E-state index contributed by atoms with van der Waals surface area (Å²) in [6, 6.07) is 6.70. The Bertz CT molecular complexity index is 488. The lowest BCUT2D eigenvalue weighted by molar-refractivity contribution is 0.183. The molecule has 1 atom stereocenters. The van der Waals surface area contributed by atoms with E-state index in [1.54, 1.807) is 24.3 Å². The average Bonchev–Trinajstić information content (AvgIpc) is 2.42. The highest BCUT2D eigenvalue weighted by Crippen LogP contribution is 2.20. The molecule has 1 rings (SSSR count). The normalized spacial score (nSPS) is 13.2. The summed E-state index contributed by atoms with van der Waals surface area (Å²) in [6.45, 7) is 4.52. The molecule has 1 aromatic rings. The molecule has 0 saturated heterocycles. The zero-order valence-corrected chi connectivity index (χ0v) is 12.2. The topological polar surface area (TPSA) is 78.4 Å². The van der Waals surface area contributed by atoms with E-state index in [-0.39, 0.29) is 4.90 Å². The molecule has 3 N–H and O–H groups in total. The summed E-state index contributed by atoms with van der Waals surface area (Å²) < 4.78 is 26.8. The Morgan fingerprint density at radius 3 is 2.58 bits per heavy atom. The van der Waals surface area contributed by atoms with Gasteiger partial charge in [-0.15, -0.1) is 0 Å². The lowest BCUT2D eigenvalue weighted by atomic mass is 10.2. The van der Waals surface area contributed by atoms with E-state index in [0.717, 1.165) is 6.42 Å². The highest BCUT2D eigenvalue weighted by molar-refractivity contribution is 7.89. The smallest absolute Gasteiger partial charge is 0.242 e. The number of para-hydroxylation sites is 1. The van der Waals surface area contributed by atoms with E-state index in [1.807, 2.05) is 13.8 Å². The molecule has 5 nitrogen and oxygen atoms in total. The number of hydrogen-bond donors (Lipinski definition) is 3. The van der Waals surface area contributed by atoms with E-state index in [0.29, 0.717) is 25.2 Å². The fourth-order valence-corrected chi connectivity index (χ4v) is 2.85. The van der Waals surface area contributed by atoms with E-state index < -0.39 is 16.1 Å². The number of hydrogen-bond acceptors (Lipinski definition) is 4. The Labute approximate surface area is 115 Å². The van der Waals surface area contributed by atoms with E-state index in [9.17, 15) is 13.5 Å². The lowest BCUT2D eigenvalue weighted by Gasteiger charge is -2.15. The van der Waals surface area contributed by atoms with E-state index in [2.05, 4.69) is 10.0 Å². The average molecular weight is 286 g/mol. The first-order chi connectivity index (χ1) is 9.01. The Balaban J connectivity index is 2.89. The van der Waals surface area contributed by atoms with Crippen molar-refractivity contribution in [2.75, 3.05) is 18.4 Å². The van der Waals surface area contributed by atoms with Gasteiger partial charge in [-0.1, -0.05) is 26.0 Å². The lowest BCUT2D eigenvalue weighted by Crippen LogP contribution is -2.26. The fourth-order valence-electron chi connectivity index (χ4n) is 1.53. The van der Waals surface area contributed by atoms with Gasteiger partial charge in [0.25, 0.3) is 0 Å². The first-order valence-corrected chi connectivity index (χ1v) is 8.00. The van der Waals surface area contributed by atoms with Crippen LogP contribution in [-0.4, -0.2) is 32.7 Å². The Morgan fingerprint density at radius 2 is 1.95 bits per heavy atom. The van der Waals surface area contributed by atoms with Crippen LogP contribution >= 0.6 is 0 Å². The second-order valence-corrected chi connectivity index (χ2v) is 6.07. The SMILES string of the molecule is CCCNS(=O)(=O)c1ccccc1NCC(O)CC. The molecule has 0 bridgehead atoms. The van der Waals surface area contributed by atoms with Crippen molar-refractivity contribution >= 4 is 15.7 Å². The number of nitrogens with one attached hydrogen (secondary N) is 2. The van der Waals surface area contributed by atoms with Crippen LogP contribution in [-0.2, 0) is 10.0 Å². The van der Waals surface area contributed by atoms with Gasteiger partial charge in [-0.25, -0.2) is 13.1 Å². The number of aliphatic hydroxyl groups excluding tert-OH is 1. The highest BCUT2D eigenvalue weighted by atomic mass is 32.2. The molecule has 108 valence electrons.